The molecule has 1 heterocycles. The molecule has 0 saturated carbocycles. The fourth-order valence-corrected chi connectivity index (χ4v) is 3.12. The zero-order valence-corrected chi connectivity index (χ0v) is 15.2. The zero-order valence-electron chi connectivity index (χ0n) is 15.2. The van der Waals surface area contributed by atoms with Gasteiger partial charge < -0.3 is 15.0 Å². The van der Waals surface area contributed by atoms with Crippen LogP contribution in [0.2, 0.25) is 0 Å². The van der Waals surface area contributed by atoms with Gasteiger partial charge >= 0.3 is 0 Å². The third-order valence-corrected chi connectivity index (χ3v) is 4.69. The summed E-state index contributed by atoms with van der Waals surface area (Å²) in [5.41, 5.74) is 6.37. The lowest BCUT2D eigenvalue weighted by Crippen LogP contribution is -2.25. The number of rotatable bonds is 5. The standard InChI is InChI=1S/C21H24N2O2/c1-13-5-8-20(25-4)16(11-13)9-10-22-21(24)17-6-7-19-18(12-17)14(2)15(3)23-19/h5-8,11-12,23H,9-10H2,1-4H3,(H,22,24). The first kappa shape index (κ1) is 17.1. The first-order valence-corrected chi connectivity index (χ1v) is 8.50. The van der Waals surface area contributed by atoms with Crippen molar-refractivity contribution in [1.29, 1.82) is 0 Å². The Balaban J connectivity index is 1.69. The van der Waals surface area contributed by atoms with Gasteiger partial charge in [0.05, 0.1) is 7.11 Å². The summed E-state index contributed by atoms with van der Waals surface area (Å²) in [5, 5.41) is 4.11. The Bertz CT molecular complexity index is 925. The number of methoxy groups -OCH3 is 1. The lowest BCUT2D eigenvalue weighted by atomic mass is 10.1. The lowest BCUT2D eigenvalue weighted by molar-refractivity contribution is 0.0954. The number of aromatic nitrogens is 1. The Kier molecular flexibility index (Phi) is 4.79. The maximum atomic E-state index is 12.5. The van der Waals surface area contributed by atoms with Crippen LogP contribution < -0.4 is 10.1 Å². The maximum absolute atomic E-state index is 12.5. The summed E-state index contributed by atoms with van der Waals surface area (Å²) >= 11 is 0. The number of amides is 1. The highest BCUT2D eigenvalue weighted by Gasteiger charge is 2.10. The number of fused-ring (bicyclic) bond motifs is 1. The minimum absolute atomic E-state index is 0.0493. The first-order valence-electron chi connectivity index (χ1n) is 8.50. The highest BCUT2D eigenvalue weighted by Crippen LogP contribution is 2.23. The van der Waals surface area contributed by atoms with Crippen molar-refractivity contribution < 1.29 is 9.53 Å². The fourth-order valence-electron chi connectivity index (χ4n) is 3.12. The molecule has 25 heavy (non-hydrogen) atoms. The average molecular weight is 336 g/mol. The van der Waals surface area contributed by atoms with Crippen molar-refractivity contribution in [3.05, 3.63) is 64.3 Å². The third kappa shape index (κ3) is 3.53. The van der Waals surface area contributed by atoms with E-state index in [0.717, 1.165) is 34.3 Å². The van der Waals surface area contributed by atoms with Gasteiger partial charge in [-0.3, -0.25) is 4.79 Å². The van der Waals surface area contributed by atoms with Crippen molar-refractivity contribution in [3.8, 4) is 5.75 Å². The first-order chi connectivity index (χ1) is 12.0. The Morgan fingerprint density at radius 1 is 1.12 bits per heavy atom. The Labute approximate surface area is 148 Å². The summed E-state index contributed by atoms with van der Waals surface area (Å²) in [6.07, 6.45) is 0.737. The molecule has 2 N–H and O–H groups in total. The summed E-state index contributed by atoms with van der Waals surface area (Å²) in [7, 11) is 1.67. The van der Waals surface area contributed by atoms with Crippen LogP contribution in [0, 0.1) is 20.8 Å². The lowest BCUT2D eigenvalue weighted by Gasteiger charge is -2.10. The normalized spacial score (nSPS) is 10.9. The van der Waals surface area contributed by atoms with E-state index in [1.165, 1.54) is 11.1 Å². The van der Waals surface area contributed by atoms with Crippen LogP contribution in [0.3, 0.4) is 0 Å². The largest absolute Gasteiger partial charge is 0.496 e. The van der Waals surface area contributed by atoms with Crippen molar-refractivity contribution in [2.45, 2.75) is 27.2 Å². The molecule has 130 valence electrons. The van der Waals surface area contributed by atoms with Gasteiger partial charge in [-0.15, -0.1) is 0 Å². The molecule has 1 aromatic heterocycles. The summed E-state index contributed by atoms with van der Waals surface area (Å²) < 4.78 is 5.39. The third-order valence-electron chi connectivity index (χ3n) is 4.69. The number of hydrogen-bond donors (Lipinski definition) is 2. The molecule has 3 aromatic rings. The minimum atomic E-state index is -0.0493. The number of benzene rings is 2. The van der Waals surface area contributed by atoms with E-state index in [0.29, 0.717) is 12.1 Å². The molecule has 0 atom stereocenters. The van der Waals surface area contributed by atoms with Gasteiger partial charge in [-0.25, -0.2) is 0 Å². The van der Waals surface area contributed by atoms with Gasteiger partial charge in [0.1, 0.15) is 5.75 Å². The number of ether oxygens (including phenoxy) is 1. The van der Waals surface area contributed by atoms with Crippen LogP contribution in [-0.2, 0) is 6.42 Å². The fraction of sp³-hybridized carbons (Fsp3) is 0.286. The minimum Gasteiger partial charge on any atom is -0.496 e. The zero-order chi connectivity index (χ0) is 18.0. The van der Waals surface area contributed by atoms with Gasteiger partial charge in [0.25, 0.3) is 5.91 Å². The number of carbonyl (C=O) groups excluding carboxylic acids is 1. The quantitative estimate of drug-likeness (QED) is 0.738. The van der Waals surface area contributed by atoms with E-state index in [9.17, 15) is 4.79 Å². The van der Waals surface area contributed by atoms with Crippen LogP contribution in [0.1, 0.15) is 32.7 Å². The molecule has 0 unspecified atom stereocenters. The summed E-state index contributed by atoms with van der Waals surface area (Å²) in [6.45, 7) is 6.74. The van der Waals surface area contributed by atoms with E-state index < -0.39 is 0 Å². The maximum Gasteiger partial charge on any atom is 0.251 e. The molecular weight excluding hydrogens is 312 g/mol. The van der Waals surface area contributed by atoms with E-state index in [4.69, 9.17) is 4.74 Å². The van der Waals surface area contributed by atoms with E-state index >= 15 is 0 Å². The average Bonchev–Trinajstić information content (AvgIpc) is 2.89. The van der Waals surface area contributed by atoms with E-state index in [2.05, 4.69) is 30.2 Å². The van der Waals surface area contributed by atoms with Gasteiger partial charge in [-0.2, -0.15) is 0 Å². The van der Waals surface area contributed by atoms with Crippen LogP contribution in [0.5, 0.6) is 5.75 Å². The molecular formula is C21H24N2O2. The topological polar surface area (TPSA) is 54.1 Å². The van der Waals surface area contributed by atoms with Gasteiger partial charge in [-0.05, 0) is 62.6 Å². The van der Waals surface area contributed by atoms with E-state index in [1.54, 1.807) is 7.11 Å². The number of nitrogens with one attached hydrogen (secondary N) is 2. The molecule has 0 saturated heterocycles. The molecule has 2 aromatic carbocycles. The van der Waals surface area contributed by atoms with Crippen LogP contribution >= 0.6 is 0 Å². The second-order valence-corrected chi connectivity index (χ2v) is 6.46. The Morgan fingerprint density at radius 2 is 1.92 bits per heavy atom. The van der Waals surface area contributed by atoms with Crippen LogP contribution in [-0.4, -0.2) is 24.5 Å². The van der Waals surface area contributed by atoms with Crippen molar-refractivity contribution in [2.75, 3.05) is 13.7 Å². The molecule has 0 spiro atoms. The molecule has 3 rings (SSSR count). The summed E-state index contributed by atoms with van der Waals surface area (Å²) in [6, 6.07) is 11.9. The second kappa shape index (κ2) is 7.01. The SMILES string of the molecule is COc1ccc(C)cc1CCNC(=O)c1ccc2[nH]c(C)c(C)c2c1. The molecule has 4 nitrogen and oxygen atoms in total. The Hall–Kier alpha value is -2.75. The molecule has 0 aliphatic carbocycles. The number of aryl methyl sites for hydroxylation is 3. The van der Waals surface area contributed by atoms with Crippen LogP contribution in [0.4, 0.5) is 0 Å². The second-order valence-electron chi connectivity index (χ2n) is 6.46. The molecule has 0 aliphatic heterocycles. The van der Waals surface area contributed by atoms with Crippen LogP contribution in [0.25, 0.3) is 10.9 Å². The molecule has 0 bridgehead atoms. The number of hydrogen-bond acceptors (Lipinski definition) is 2. The highest BCUT2D eigenvalue weighted by atomic mass is 16.5. The smallest absolute Gasteiger partial charge is 0.251 e. The summed E-state index contributed by atoms with van der Waals surface area (Å²) in [5.74, 6) is 0.812. The number of carbonyl (C=O) groups is 1. The van der Waals surface area contributed by atoms with Gasteiger partial charge in [0.2, 0.25) is 0 Å². The molecule has 0 aliphatic rings. The van der Waals surface area contributed by atoms with Crippen molar-refractivity contribution in [2.24, 2.45) is 0 Å². The van der Waals surface area contributed by atoms with E-state index in [-0.39, 0.29) is 5.91 Å². The molecule has 1 amide bonds. The van der Waals surface area contributed by atoms with Gasteiger partial charge in [0, 0.05) is 28.7 Å². The predicted molar refractivity (Wildman–Crippen MR) is 102 cm³/mol. The number of H-pyrrole nitrogens is 1. The van der Waals surface area contributed by atoms with Crippen LogP contribution in [0.15, 0.2) is 36.4 Å². The van der Waals surface area contributed by atoms with Crippen molar-refractivity contribution in [1.82, 2.24) is 10.3 Å². The van der Waals surface area contributed by atoms with Crippen molar-refractivity contribution in [3.63, 3.8) is 0 Å². The summed E-state index contributed by atoms with van der Waals surface area (Å²) in [4.78, 5) is 15.8. The van der Waals surface area contributed by atoms with Gasteiger partial charge in [-0.1, -0.05) is 17.7 Å². The van der Waals surface area contributed by atoms with E-state index in [1.807, 2.05) is 37.3 Å². The highest BCUT2D eigenvalue weighted by molar-refractivity contribution is 5.99. The monoisotopic (exact) mass is 336 g/mol. The molecule has 0 fully saturated rings. The van der Waals surface area contributed by atoms with Crippen molar-refractivity contribution >= 4 is 16.8 Å². The molecule has 4 heteroatoms. The molecule has 0 radical (unpaired) electrons. The Morgan fingerprint density at radius 3 is 2.68 bits per heavy atom. The number of aromatic amines is 1. The predicted octanol–water partition coefficient (Wildman–Crippen LogP) is 4.07. The van der Waals surface area contributed by atoms with Gasteiger partial charge in [0.15, 0.2) is 0 Å².